The highest BCUT2D eigenvalue weighted by Gasteiger charge is 2.28. The van der Waals surface area contributed by atoms with Crippen LogP contribution in [0.15, 0.2) is 48.8 Å². The molecule has 0 radical (unpaired) electrons. The van der Waals surface area contributed by atoms with E-state index in [1.807, 2.05) is 16.8 Å². The van der Waals surface area contributed by atoms with E-state index in [1.54, 1.807) is 12.4 Å². The number of halogens is 2. The molecule has 7 heteroatoms. The van der Waals surface area contributed by atoms with Crippen molar-refractivity contribution in [1.82, 2.24) is 20.1 Å². The van der Waals surface area contributed by atoms with E-state index in [-0.39, 0.29) is 6.54 Å². The van der Waals surface area contributed by atoms with Crippen molar-refractivity contribution < 1.29 is 13.6 Å². The number of pyridine rings is 1. The van der Waals surface area contributed by atoms with Gasteiger partial charge in [0, 0.05) is 36.1 Å². The van der Waals surface area contributed by atoms with E-state index in [9.17, 15) is 13.6 Å². The molecule has 1 aliphatic rings. The van der Waals surface area contributed by atoms with E-state index in [0.717, 1.165) is 41.9 Å². The molecule has 0 unspecified atom stereocenters. The summed E-state index contributed by atoms with van der Waals surface area (Å²) < 4.78 is 29.3. The smallest absolute Gasteiger partial charge is 0.257 e. The van der Waals surface area contributed by atoms with Gasteiger partial charge in [0.05, 0.1) is 12.2 Å². The molecule has 1 aliphatic carbocycles. The fraction of sp³-hybridized carbons (Fsp3) is 0.250. The molecule has 1 amide bonds. The zero-order chi connectivity index (χ0) is 18.8. The van der Waals surface area contributed by atoms with Crippen molar-refractivity contribution >= 4 is 5.91 Å². The molecule has 4 rings (SSSR count). The average molecular weight is 368 g/mol. The molecule has 1 fully saturated rings. The SMILES string of the molecule is O=C(NCCn1nc(-c2ccncc2)cc1C1CC1)c1c(F)cccc1F. The molecule has 27 heavy (non-hydrogen) atoms. The summed E-state index contributed by atoms with van der Waals surface area (Å²) in [6.07, 6.45) is 5.67. The van der Waals surface area contributed by atoms with Gasteiger partial charge in [-0.15, -0.1) is 0 Å². The lowest BCUT2D eigenvalue weighted by Gasteiger charge is -2.09. The monoisotopic (exact) mass is 368 g/mol. The van der Waals surface area contributed by atoms with Crippen molar-refractivity contribution in [2.24, 2.45) is 0 Å². The Hall–Kier alpha value is -3.09. The van der Waals surface area contributed by atoms with Crippen LogP contribution in [0.1, 0.15) is 34.8 Å². The number of aromatic nitrogens is 3. The lowest BCUT2D eigenvalue weighted by Crippen LogP contribution is -2.29. The van der Waals surface area contributed by atoms with Crippen molar-refractivity contribution in [1.29, 1.82) is 0 Å². The number of hydrogen-bond donors (Lipinski definition) is 1. The summed E-state index contributed by atoms with van der Waals surface area (Å²) >= 11 is 0. The van der Waals surface area contributed by atoms with Crippen LogP contribution in [0, 0.1) is 11.6 Å². The first-order chi connectivity index (χ1) is 13.1. The highest BCUT2D eigenvalue weighted by molar-refractivity contribution is 5.94. The Balaban J connectivity index is 1.47. The number of rotatable bonds is 6. The fourth-order valence-electron chi connectivity index (χ4n) is 3.06. The van der Waals surface area contributed by atoms with Crippen LogP contribution >= 0.6 is 0 Å². The second kappa shape index (κ2) is 7.26. The molecule has 138 valence electrons. The van der Waals surface area contributed by atoms with Crippen molar-refractivity contribution in [3.63, 3.8) is 0 Å². The predicted octanol–water partition coefficient (Wildman–Crippen LogP) is 3.53. The van der Waals surface area contributed by atoms with E-state index in [4.69, 9.17) is 0 Å². The van der Waals surface area contributed by atoms with Crippen molar-refractivity contribution in [3.8, 4) is 11.3 Å². The number of amides is 1. The molecule has 3 aromatic rings. The second-order valence-corrected chi connectivity index (χ2v) is 6.54. The molecule has 0 spiro atoms. The van der Waals surface area contributed by atoms with Gasteiger partial charge in [-0.05, 0) is 43.2 Å². The number of benzene rings is 1. The minimum absolute atomic E-state index is 0.226. The first-order valence-electron chi connectivity index (χ1n) is 8.84. The quantitative estimate of drug-likeness (QED) is 0.724. The number of nitrogens with one attached hydrogen (secondary N) is 1. The van der Waals surface area contributed by atoms with Gasteiger partial charge in [-0.2, -0.15) is 5.10 Å². The van der Waals surface area contributed by atoms with E-state index in [0.29, 0.717) is 12.5 Å². The first kappa shape index (κ1) is 17.3. The number of carbonyl (C=O) groups excluding carboxylic acids is 1. The van der Waals surface area contributed by atoms with E-state index in [1.165, 1.54) is 6.07 Å². The van der Waals surface area contributed by atoms with Gasteiger partial charge in [-0.1, -0.05) is 6.07 Å². The summed E-state index contributed by atoms with van der Waals surface area (Å²) in [4.78, 5) is 16.1. The lowest BCUT2D eigenvalue weighted by molar-refractivity contribution is 0.0943. The Bertz CT molecular complexity index is 947. The Labute approximate surface area is 155 Å². The van der Waals surface area contributed by atoms with E-state index in [2.05, 4.69) is 21.5 Å². The molecular formula is C20H18F2N4O. The fourth-order valence-corrected chi connectivity index (χ4v) is 3.06. The largest absolute Gasteiger partial charge is 0.350 e. The standard InChI is InChI=1S/C20H18F2N4O/c21-15-2-1-3-16(22)19(15)20(27)24-10-11-26-18(14-4-5-14)12-17(25-26)13-6-8-23-9-7-13/h1-3,6-9,12,14H,4-5,10-11H2,(H,24,27). The molecule has 2 heterocycles. The summed E-state index contributed by atoms with van der Waals surface area (Å²) in [5.41, 5.74) is 2.39. The van der Waals surface area contributed by atoms with Crippen LogP contribution in [0.25, 0.3) is 11.3 Å². The molecule has 2 aromatic heterocycles. The summed E-state index contributed by atoms with van der Waals surface area (Å²) in [7, 11) is 0. The van der Waals surface area contributed by atoms with Crippen LogP contribution in [-0.4, -0.2) is 27.2 Å². The van der Waals surface area contributed by atoms with Gasteiger partial charge in [0.2, 0.25) is 0 Å². The highest BCUT2D eigenvalue weighted by Crippen LogP contribution is 2.41. The van der Waals surface area contributed by atoms with Gasteiger partial charge < -0.3 is 5.32 Å². The molecule has 1 aromatic carbocycles. The maximum atomic E-state index is 13.7. The van der Waals surface area contributed by atoms with Crippen LogP contribution in [0.2, 0.25) is 0 Å². The highest BCUT2D eigenvalue weighted by atomic mass is 19.1. The summed E-state index contributed by atoms with van der Waals surface area (Å²) in [6, 6.07) is 9.21. The van der Waals surface area contributed by atoms with Gasteiger partial charge in [0.15, 0.2) is 0 Å². The predicted molar refractivity (Wildman–Crippen MR) is 96.1 cm³/mol. The minimum Gasteiger partial charge on any atom is -0.350 e. The van der Waals surface area contributed by atoms with Crippen LogP contribution in [-0.2, 0) is 6.54 Å². The maximum absolute atomic E-state index is 13.7. The Morgan fingerprint density at radius 1 is 1.15 bits per heavy atom. The Morgan fingerprint density at radius 2 is 1.85 bits per heavy atom. The maximum Gasteiger partial charge on any atom is 0.257 e. The second-order valence-electron chi connectivity index (χ2n) is 6.54. The van der Waals surface area contributed by atoms with Crippen LogP contribution in [0.4, 0.5) is 8.78 Å². The molecule has 0 bridgehead atoms. The molecule has 1 N–H and O–H groups in total. The number of hydrogen-bond acceptors (Lipinski definition) is 3. The van der Waals surface area contributed by atoms with Crippen LogP contribution in [0.5, 0.6) is 0 Å². The van der Waals surface area contributed by atoms with Crippen LogP contribution < -0.4 is 5.32 Å². The molecular weight excluding hydrogens is 350 g/mol. The lowest BCUT2D eigenvalue weighted by atomic mass is 10.2. The average Bonchev–Trinajstić information content (AvgIpc) is 3.42. The van der Waals surface area contributed by atoms with Crippen LogP contribution in [0.3, 0.4) is 0 Å². The van der Waals surface area contributed by atoms with E-state index < -0.39 is 23.1 Å². The number of carbonyl (C=O) groups is 1. The first-order valence-corrected chi connectivity index (χ1v) is 8.84. The Morgan fingerprint density at radius 3 is 2.52 bits per heavy atom. The van der Waals surface area contributed by atoms with Gasteiger partial charge >= 0.3 is 0 Å². The van der Waals surface area contributed by atoms with Crippen molar-refractivity contribution in [2.45, 2.75) is 25.3 Å². The Kier molecular flexibility index (Phi) is 4.66. The molecule has 0 aliphatic heterocycles. The van der Waals surface area contributed by atoms with Crippen molar-refractivity contribution in [3.05, 3.63) is 71.7 Å². The third-order valence-electron chi connectivity index (χ3n) is 4.58. The molecule has 0 saturated heterocycles. The normalized spacial score (nSPS) is 13.6. The molecule has 1 saturated carbocycles. The van der Waals surface area contributed by atoms with Gasteiger partial charge in [0.25, 0.3) is 5.91 Å². The minimum atomic E-state index is -0.870. The summed E-state index contributed by atoms with van der Waals surface area (Å²) in [5.74, 6) is -2.02. The molecule has 0 atom stereocenters. The van der Waals surface area contributed by atoms with E-state index >= 15 is 0 Å². The van der Waals surface area contributed by atoms with Crippen molar-refractivity contribution in [2.75, 3.05) is 6.54 Å². The summed E-state index contributed by atoms with van der Waals surface area (Å²) in [5, 5.41) is 7.21. The number of nitrogens with zero attached hydrogens (tertiary/aromatic N) is 3. The third kappa shape index (κ3) is 3.72. The summed E-state index contributed by atoms with van der Waals surface area (Å²) in [6.45, 7) is 0.655. The van der Waals surface area contributed by atoms with Gasteiger partial charge in [-0.3, -0.25) is 14.5 Å². The molecule has 5 nitrogen and oxygen atoms in total. The zero-order valence-electron chi connectivity index (χ0n) is 14.5. The van der Waals surface area contributed by atoms with Gasteiger partial charge in [-0.25, -0.2) is 8.78 Å². The zero-order valence-corrected chi connectivity index (χ0v) is 14.5. The van der Waals surface area contributed by atoms with Gasteiger partial charge in [0.1, 0.15) is 17.2 Å². The topological polar surface area (TPSA) is 59.8 Å². The third-order valence-corrected chi connectivity index (χ3v) is 4.58.